The van der Waals surface area contributed by atoms with Crippen molar-refractivity contribution in [3.63, 3.8) is 0 Å². The van der Waals surface area contributed by atoms with Crippen LogP contribution in [0.5, 0.6) is 0 Å². The highest BCUT2D eigenvalue weighted by atomic mass is 19.1. The van der Waals surface area contributed by atoms with E-state index >= 15 is 0 Å². The van der Waals surface area contributed by atoms with Crippen molar-refractivity contribution < 1.29 is 4.39 Å². The minimum absolute atomic E-state index is 0.143. The van der Waals surface area contributed by atoms with Crippen molar-refractivity contribution in [2.75, 3.05) is 11.9 Å². The number of rotatable bonds is 8. The Kier molecular flexibility index (Phi) is 6.68. The third-order valence-corrected chi connectivity index (χ3v) is 3.05. The number of unbranched alkanes of at least 4 members (excludes halogenated alkanes) is 5. The summed E-state index contributed by atoms with van der Waals surface area (Å²) in [5.41, 5.74) is 1.65. The average Bonchev–Trinajstić information content (AvgIpc) is 2.31. The average molecular weight is 237 g/mol. The number of para-hydroxylation sites is 1. The molecule has 0 saturated carbocycles. The summed E-state index contributed by atoms with van der Waals surface area (Å²) in [7, 11) is 0. The SMILES string of the molecule is CCCCCCCCNc1c(C)cccc1F. The molecular formula is C15H24FN. The van der Waals surface area contributed by atoms with Crippen molar-refractivity contribution in [2.24, 2.45) is 0 Å². The largest absolute Gasteiger partial charge is 0.382 e. The van der Waals surface area contributed by atoms with Crippen LogP contribution in [0.1, 0.15) is 51.0 Å². The van der Waals surface area contributed by atoms with Crippen LogP contribution in [0.25, 0.3) is 0 Å². The van der Waals surface area contributed by atoms with Gasteiger partial charge in [-0.1, -0.05) is 51.2 Å². The maximum absolute atomic E-state index is 13.5. The quantitative estimate of drug-likeness (QED) is 0.634. The summed E-state index contributed by atoms with van der Waals surface area (Å²) in [6.45, 7) is 5.03. The molecule has 0 aliphatic heterocycles. The predicted octanol–water partition coefficient (Wildman–Crippen LogP) is 4.91. The van der Waals surface area contributed by atoms with Gasteiger partial charge in [-0.3, -0.25) is 0 Å². The Bertz CT molecular complexity index is 302. The van der Waals surface area contributed by atoms with Gasteiger partial charge in [0.2, 0.25) is 0 Å². The fourth-order valence-corrected chi connectivity index (χ4v) is 1.97. The second-order valence-corrected chi connectivity index (χ2v) is 4.63. The van der Waals surface area contributed by atoms with Gasteiger partial charge in [-0.2, -0.15) is 0 Å². The lowest BCUT2D eigenvalue weighted by Gasteiger charge is -2.10. The molecule has 0 aliphatic rings. The van der Waals surface area contributed by atoms with Crippen molar-refractivity contribution in [2.45, 2.75) is 52.4 Å². The molecule has 1 aromatic carbocycles. The number of anilines is 1. The van der Waals surface area contributed by atoms with Crippen LogP contribution in [0.4, 0.5) is 10.1 Å². The Morgan fingerprint density at radius 1 is 1.06 bits per heavy atom. The van der Waals surface area contributed by atoms with E-state index < -0.39 is 0 Å². The molecule has 17 heavy (non-hydrogen) atoms. The molecule has 0 atom stereocenters. The Morgan fingerprint density at radius 3 is 2.47 bits per heavy atom. The van der Waals surface area contributed by atoms with Gasteiger partial charge in [0.1, 0.15) is 5.82 Å². The van der Waals surface area contributed by atoms with Crippen molar-refractivity contribution in [3.8, 4) is 0 Å². The summed E-state index contributed by atoms with van der Waals surface area (Å²) in [5, 5.41) is 3.20. The van der Waals surface area contributed by atoms with Crippen molar-refractivity contribution in [3.05, 3.63) is 29.6 Å². The second kappa shape index (κ2) is 8.10. The lowest BCUT2D eigenvalue weighted by Crippen LogP contribution is -2.05. The number of nitrogens with one attached hydrogen (secondary N) is 1. The first kappa shape index (κ1) is 14.0. The topological polar surface area (TPSA) is 12.0 Å². The van der Waals surface area contributed by atoms with Crippen molar-refractivity contribution in [1.82, 2.24) is 0 Å². The van der Waals surface area contributed by atoms with Gasteiger partial charge in [0.25, 0.3) is 0 Å². The fraction of sp³-hybridized carbons (Fsp3) is 0.600. The third-order valence-electron chi connectivity index (χ3n) is 3.05. The van der Waals surface area contributed by atoms with Gasteiger partial charge < -0.3 is 5.32 Å². The van der Waals surface area contributed by atoms with Crippen LogP contribution >= 0.6 is 0 Å². The molecule has 1 nitrogen and oxygen atoms in total. The smallest absolute Gasteiger partial charge is 0.146 e. The summed E-state index contributed by atoms with van der Waals surface area (Å²) in [6.07, 6.45) is 7.60. The van der Waals surface area contributed by atoms with Crippen molar-refractivity contribution in [1.29, 1.82) is 0 Å². The first-order valence-corrected chi connectivity index (χ1v) is 6.74. The van der Waals surface area contributed by atoms with Gasteiger partial charge in [0, 0.05) is 6.54 Å². The number of hydrogen-bond donors (Lipinski definition) is 1. The summed E-state index contributed by atoms with van der Waals surface area (Å²) in [4.78, 5) is 0. The number of aryl methyl sites for hydroxylation is 1. The van der Waals surface area contributed by atoms with Gasteiger partial charge in [0.05, 0.1) is 5.69 Å². The lowest BCUT2D eigenvalue weighted by atomic mass is 10.1. The molecule has 0 fully saturated rings. The van der Waals surface area contributed by atoms with Crippen LogP contribution in [-0.2, 0) is 0 Å². The van der Waals surface area contributed by atoms with Crippen LogP contribution in [0.3, 0.4) is 0 Å². The van der Waals surface area contributed by atoms with Crippen LogP contribution in [0.15, 0.2) is 18.2 Å². The lowest BCUT2D eigenvalue weighted by molar-refractivity contribution is 0.611. The Hall–Kier alpha value is -1.05. The molecule has 0 amide bonds. The van der Waals surface area contributed by atoms with Crippen LogP contribution in [-0.4, -0.2) is 6.54 Å². The molecule has 1 N–H and O–H groups in total. The van der Waals surface area contributed by atoms with E-state index in [0.717, 1.165) is 18.5 Å². The minimum Gasteiger partial charge on any atom is -0.382 e. The van der Waals surface area contributed by atoms with Gasteiger partial charge in [-0.15, -0.1) is 0 Å². The van der Waals surface area contributed by atoms with E-state index in [1.807, 2.05) is 13.0 Å². The van der Waals surface area contributed by atoms with E-state index in [2.05, 4.69) is 12.2 Å². The van der Waals surface area contributed by atoms with E-state index in [1.54, 1.807) is 6.07 Å². The summed E-state index contributed by atoms with van der Waals surface area (Å²) < 4.78 is 13.5. The molecule has 0 heterocycles. The van der Waals surface area contributed by atoms with E-state index in [1.165, 1.54) is 38.2 Å². The molecule has 0 spiro atoms. The summed E-state index contributed by atoms with van der Waals surface area (Å²) in [6, 6.07) is 5.20. The minimum atomic E-state index is -0.143. The number of hydrogen-bond acceptors (Lipinski definition) is 1. The molecule has 0 saturated heterocycles. The number of halogens is 1. The van der Waals surface area contributed by atoms with Gasteiger partial charge in [-0.05, 0) is 25.0 Å². The van der Waals surface area contributed by atoms with Crippen LogP contribution in [0, 0.1) is 12.7 Å². The Labute approximate surface area is 104 Å². The van der Waals surface area contributed by atoms with Crippen molar-refractivity contribution >= 4 is 5.69 Å². The number of benzene rings is 1. The maximum Gasteiger partial charge on any atom is 0.146 e. The highest BCUT2D eigenvalue weighted by molar-refractivity contribution is 5.51. The molecule has 96 valence electrons. The zero-order valence-corrected chi connectivity index (χ0v) is 11.1. The zero-order valence-electron chi connectivity index (χ0n) is 11.1. The highest BCUT2D eigenvalue weighted by Gasteiger charge is 2.03. The van der Waals surface area contributed by atoms with Gasteiger partial charge >= 0.3 is 0 Å². The maximum atomic E-state index is 13.5. The first-order chi connectivity index (χ1) is 8.25. The molecule has 0 bridgehead atoms. The Morgan fingerprint density at radius 2 is 1.76 bits per heavy atom. The summed E-state index contributed by atoms with van der Waals surface area (Å²) >= 11 is 0. The summed E-state index contributed by atoms with van der Waals surface area (Å²) in [5.74, 6) is -0.143. The fourth-order valence-electron chi connectivity index (χ4n) is 1.97. The molecule has 0 aliphatic carbocycles. The zero-order chi connectivity index (χ0) is 12.5. The standard InChI is InChI=1S/C15H24FN/c1-3-4-5-6-7-8-12-17-15-13(2)10-9-11-14(15)16/h9-11,17H,3-8,12H2,1-2H3. The molecule has 1 rings (SSSR count). The molecular weight excluding hydrogens is 213 g/mol. The predicted molar refractivity (Wildman–Crippen MR) is 73.0 cm³/mol. The highest BCUT2D eigenvalue weighted by Crippen LogP contribution is 2.18. The normalized spacial score (nSPS) is 10.5. The van der Waals surface area contributed by atoms with Gasteiger partial charge in [-0.25, -0.2) is 4.39 Å². The van der Waals surface area contributed by atoms with E-state index in [4.69, 9.17) is 0 Å². The molecule has 0 unspecified atom stereocenters. The molecule has 0 aromatic heterocycles. The molecule has 2 heteroatoms. The third kappa shape index (κ3) is 5.20. The van der Waals surface area contributed by atoms with Crippen LogP contribution in [0.2, 0.25) is 0 Å². The second-order valence-electron chi connectivity index (χ2n) is 4.63. The van der Waals surface area contributed by atoms with E-state index in [9.17, 15) is 4.39 Å². The van der Waals surface area contributed by atoms with Crippen LogP contribution < -0.4 is 5.32 Å². The van der Waals surface area contributed by atoms with Gasteiger partial charge in [0.15, 0.2) is 0 Å². The molecule has 0 radical (unpaired) electrons. The van der Waals surface area contributed by atoms with E-state index in [0.29, 0.717) is 5.69 Å². The molecule has 1 aromatic rings. The first-order valence-electron chi connectivity index (χ1n) is 6.74. The van der Waals surface area contributed by atoms with E-state index in [-0.39, 0.29) is 5.82 Å². The monoisotopic (exact) mass is 237 g/mol. The Balaban J connectivity index is 2.18.